The molecule has 3 aromatic rings. The van der Waals surface area contributed by atoms with Crippen molar-refractivity contribution in [1.82, 2.24) is 20.1 Å². The minimum atomic E-state index is -0.0491. The van der Waals surface area contributed by atoms with Gasteiger partial charge in [0.15, 0.2) is 10.6 Å². The number of benzene rings is 1. The number of thiophene rings is 1. The van der Waals surface area contributed by atoms with E-state index >= 15 is 0 Å². The van der Waals surface area contributed by atoms with Crippen molar-refractivity contribution in [2.24, 2.45) is 0 Å². The number of nitrogens with zero attached hydrogens (tertiary/aromatic N) is 2. The third-order valence-corrected chi connectivity index (χ3v) is 5.45. The highest BCUT2D eigenvalue weighted by Crippen LogP contribution is 2.30. The molecule has 122 valence electrons. The van der Waals surface area contributed by atoms with Crippen LogP contribution >= 0.6 is 23.6 Å². The zero-order valence-electron chi connectivity index (χ0n) is 12.9. The van der Waals surface area contributed by atoms with Crippen molar-refractivity contribution >= 4 is 29.5 Å². The number of carbonyl (C=O) groups is 1. The summed E-state index contributed by atoms with van der Waals surface area (Å²) in [6, 6.07) is 12.3. The molecule has 2 N–H and O–H groups in total. The molecular weight excluding hydrogens is 340 g/mol. The molecule has 1 aliphatic rings. The molecular formula is C17H16N4OS2. The second kappa shape index (κ2) is 6.33. The standard InChI is InChI=1S/C17H16N4OS2/c22-15(18-13-8-7-11-4-1-2-5-12(11)13)10-21-16(19-20-17(21)23)14-6-3-9-24-14/h1-6,9,13H,7-8,10H2,(H,18,22)(H,20,23)/t13-/m1/s1. The van der Waals surface area contributed by atoms with Gasteiger partial charge in [-0.3, -0.25) is 14.5 Å². The number of aromatic nitrogens is 3. The molecule has 1 atom stereocenters. The fraction of sp³-hybridized carbons (Fsp3) is 0.235. The molecule has 1 aliphatic carbocycles. The van der Waals surface area contributed by atoms with Crippen LogP contribution in [0.15, 0.2) is 41.8 Å². The van der Waals surface area contributed by atoms with Crippen LogP contribution in [0.2, 0.25) is 0 Å². The maximum absolute atomic E-state index is 12.5. The molecule has 0 fully saturated rings. The van der Waals surface area contributed by atoms with Gasteiger partial charge >= 0.3 is 0 Å². The summed E-state index contributed by atoms with van der Waals surface area (Å²) in [6.07, 6.45) is 1.95. The fourth-order valence-electron chi connectivity index (χ4n) is 3.15. The largest absolute Gasteiger partial charge is 0.348 e. The second-order valence-electron chi connectivity index (χ2n) is 5.77. The van der Waals surface area contributed by atoms with Gasteiger partial charge in [0.2, 0.25) is 5.91 Å². The fourth-order valence-corrected chi connectivity index (χ4v) is 4.07. The lowest BCUT2D eigenvalue weighted by Gasteiger charge is -2.14. The van der Waals surface area contributed by atoms with Gasteiger partial charge in [-0.1, -0.05) is 30.3 Å². The Labute approximate surface area is 148 Å². The lowest BCUT2D eigenvalue weighted by molar-refractivity contribution is -0.122. The maximum Gasteiger partial charge on any atom is 0.240 e. The minimum absolute atomic E-state index is 0.0491. The van der Waals surface area contributed by atoms with Crippen LogP contribution < -0.4 is 5.32 Å². The quantitative estimate of drug-likeness (QED) is 0.704. The highest BCUT2D eigenvalue weighted by molar-refractivity contribution is 7.71. The summed E-state index contributed by atoms with van der Waals surface area (Å²) < 4.78 is 2.21. The molecule has 24 heavy (non-hydrogen) atoms. The molecule has 2 heterocycles. The molecule has 0 spiro atoms. The van der Waals surface area contributed by atoms with E-state index in [1.807, 2.05) is 29.6 Å². The van der Waals surface area contributed by atoms with E-state index in [0.717, 1.165) is 17.7 Å². The van der Waals surface area contributed by atoms with Crippen molar-refractivity contribution in [1.29, 1.82) is 0 Å². The van der Waals surface area contributed by atoms with Crippen LogP contribution in [0, 0.1) is 4.77 Å². The van der Waals surface area contributed by atoms with E-state index in [9.17, 15) is 4.79 Å². The molecule has 4 rings (SSSR count). The summed E-state index contributed by atoms with van der Waals surface area (Å²) in [5, 5.41) is 12.1. The van der Waals surface area contributed by atoms with E-state index in [4.69, 9.17) is 12.2 Å². The predicted octanol–water partition coefficient (Wildman–Crippen LogP) is 3.47. The first kappa shape index (κ1) is 15.3. The molecule has 1 aromatic carbocycles. The van der Waals surface area contributed by atoms with Crippen molar-refractivity contribution in [3.05, 3.63) is 57.7 Å². The van der Waals surface area contributed by atoms with Crippen LogP contribution in [-0.2, 0) is 17.8 Å². The lowest BCUT2D eigenvalue weighted by Crippen LogP contribution is -2.30. The zero-order chi connectivity index (χ0) is 16.5. The summed E-state index contributed by atoms with van der Waals surface area (Å²) in [4.78, 5) is 13.5. The van der Waals surface area contributed by atoms with E-state index in [1.165, 1.54) is 11.1 Å². The number of H-pyrrole nitrogens is 1. The van der Waals surface area contributed by atoms with Gasteiger partial charge in [-0.15, -0.1) is 11.3 Å². The Hall–Kier alpha value is -2.25. The Morgan fingerprint density at radius 3 is 3.08 bits per heavy atom. The van der Waals surface area contributed by atoms with E-state index < -0.39 is 0 Å². The first-order chi connectivity index (χ1) is 11.7. The van der Waals surface area contributed by atoms with Gasteiger partial charge in [0.1, 0.15) is 6.54 Å². The van der Waals surface area contributed by atoms with Gasteiger partial charge < -0.3 is 5.32 Å². The Balaban J connectivity index is 1.52. The number of fused-ring (bicyclic) bond motifs is 1. The molecule has 0 radical (unpaired) electrons. The molecule has 0 saturated carbocycles. The number of rotatable bonds is 4. The Morgan fingerprint density at radius 1 is 1.38 bits per heavy atom. The average Bonchev–Trinajstić information content (AvgIpc) is 3.30. The van der Waals surface area contributed by atoms with Crippen LogP contribution in [0.25, 0.3) is 10.7 Å². The third kappa shape index (κ3) is 2.81. The number of nitrogens with one attached hydrogen (secondary N) is 2. The summed E-state index contributed by atoms with van der Waals surface area (Å²) in [5.41, 5.74) is 2.54. The SMILES string of the molecule is O=C(Cn1c(-c2cccs2)n[nH]c1=S)N[C@@H]1CCc2ccccc21. The molecule has 0 bridgehead atoms. The molecule has 1 amide bonds. The van der Waals surface area contributed by atoms with Gasteiger partial charge in [0.25, 0.3) is 0 Å². The van der Waals surface area contributed by atoms with E-state index in [1.54, 1.807) is 15.9 Å². The maximum atomic E-state index is 12.5. The molecule has 0 unspecified atom stereocenters. The van der Waals surface area contributed by atoms with Crippen LogP contribution in [-0.4, -0.2) is 20.7 Å². The number of carbonyl (C=O) groups excluding carboxylic acids is 1. The summed E-state index contributed by atoms with van der Waals surface area (Å²) in [6.45, 7) is 0.168. The van der Waals surface area contributed by atoms with Crippen molar-refractivity contribution in [2.45, 2.75) is 25.4 Å². The number of hydrogen-bond acceptors (Lipinski definition) is 4. The number of aromatic amines is 1. The van der Waals surface area contributed by atoms with E-state index in [2.05, 4.69) is 27.6 Å². The topological polar surface area (TPSA) is 62.7 Å². The summed E-state index contributed by atoms with van der Waals surface area (Å²) >= 11 is 6.85. The molecule has 2 aromatic heterocycles. The van der Waals surface area contributed by atoms with Gasteiger partial charge in [0.05, 0.1) is 10.9 Å². The third-order valence-electron chi connectivity index (χ3n) is 4.27. The van der Waals surface area contributed by atoms with Crippen molar-refractivity contribution in [2.75, 3.05) is 0 Å². The highest BCUT2D eigenvalue weighted by atomic mass is 32.1. The Kier molecular flexibility index (Phi) is 4.03. The molecule has 0 aliphatic heterocycles. The first-order valence-electron chi connectivity index (χ1n) is 7.78. The summed E-state index contributed by atoms with van der Waals surface area (Å²) in [5.74, 6) is 0.656. The van der Waals surface area contributed by atoms with Crippen LogP contribution in [0.5, 0.6) is 0 Å². The zero-order valence-corrected chi connectivity index (χ0v) is 14.5. The van der Waals surface area contributed by atoms with E-state index in [0.29, 0.717) is 10.6 Å². The van der Waals surface area contributed by atoms with Crippen molar-refractivity contribution in [3.8, 4) is 10.7 Å². The van der Waals surface area contributed by atoms with Crippen LogP contribution in [0.4, 0.5) is 0 Å². The van der Waals surface area contributed by atoms with Gasteiger partial charge in [-0.2, -0.15) is 5.10 Å². The normalized spacial score (nSPS) is 16.1. The monoisotopic (exact) mass is 356 g/mol. The Morgan fingerprint density at radius 2 is 2.25 bits per heavy atom. The molecule has 5 nitrogen and oxygen atoms in total. The van der Waals surface area contributed by atoms with Crippen molar-refractivity contribution in [3.63, 3.8) is 0 Å². The van der Waals surface area contributed by atoms with Gasteiger partial charge in [-0.25, -0.2) is 0 Å². The summed E-state index contributed by atoms with van der Waals surface area (Å²) in [7, 11) is 0. The van der Waals surface area contributed by atoms with Gasteiger partial charge in [0, 0.05) is 0 Å². The lowest BCUT2D eigenvalue weighted by atomic mass is 10.1. The van der Waals surface area contributed by atoms with Gasteiger partial charge in [-0.05, 0) is 47.6 Å². The minimum Gasteiger partial charge on any atom is -0.348 e. The average molecular weight is 356 g/mol. The molecule has 7 heteroatoms. The Bertz CT molecular complexity index is 926. The molecule has 0 saturated heterocycles. The first-order valence-corrected chi connectivity index (χ1v) is 9.07. The van der Waals surface area contributed by atoms with Crippen molar-refractivity contribution < 1.29 is 4.79 Å². The second-order valence-corrected chi connectivity index (χ2v) is 7.11. The predicted molar refractivity (Wildman–Crippen MR) is 96.4 cm³/mol. The van der Waals surface area contributed by atoms with Crippen LogP contribution in [0.1, 0.15) is 23.6 Å². The number of amides is 1. The van der Waals surface area contributed by atoms with Crippen LogP contribution in [0.3, 0.4) is 0 Å². The highest BCUT2D eigenvalue weighted by Gasteiger charge is 2.24. The smallest absolute Gasteiger partial charge is 0.240 e. The number of hydrogen-bond donors (Lipinski definition) is 2. The number of aryl methyl sites for hydroxylation is 1. The van der Waals surface area contributed by atoms with E-state index in [-0.39, 0.29) is 18.5 Å².